The fourth-order valence-electron chi connectivity index (χ4n) is 2.37. The normalized spacial score (nSPS) is 29.8. The van der Waals surface area contributed by atoms with Crippen LogP contribution in [0.1, 0.15) is 25.7 Å². The first-order valence-corrected chi connectivity index (χ1v) is 5.61. The molecule has 2 heteroatoms. The van der Waals surface area contributed by atoms with Crippen molar-refractivity contribution in [2.75, 3.05) is 26.2 Å². The first-order chi connectivity index (χ1) is 6.43. The van der Waals surface area contributed by atoms with Gasteiger partial charge in [-0.05, 0) is 25.7 Å². The maximum atomic E-state index is 2.68. The molecule has 0 unspecified atom stereocenters. The Balaban J connectivity index is 1.54. The van der Waals surface area contributed by atoms with Crippen LogP contribution in [0.4, 0.5) is 0 Å². The Morgan fingerprint density at radius 2 is 1.77 bits per heavy atom. The van der Waals surface area contributed by atoms with Crippen molar-refractivity contribution in [2.24, 2.45) is 0 Å². The van der Waals surface area contributed by atoms with E-state index in [2.05, 4.69) is 15.9 Å². The maximum Gasteiger partial charge on any atom is 0.0303 e. The van der Waals surface area contributed by atoms with Gasteiger partial charge in [-0.15, -0.1) is 0 Å². The molecule has 1 saturated heterocycles. The summed E-state index contributed by atoms with van der Waals surface area (Å²) in [6, 6.07) is 0.970. The molecule has 1 saturated carbocycles. The minimum Gasteiger partial charge on any atom is -0.372 e. The Hall–Kier alpha value is -0.500. The summed E-state index contributed by atoms with van der Waals surface area (Å²) in [6.07, 6.45) is 7.97. The third kappa shape index (κ3) is 1.48. The monoisotopic (exact) mass is 178 g/mol. The van der Waals surface area contributed by atoms with Crippen LogP contribution in [0, 0.1) is 0 Å². The Morgan fingerprint density at radius 1 is 1.08 bits per heavy atom. The quantitative estimate of drug-likeness (QED) is 0.631. The lowest BCUT2D eigenvalue weighted by Gasteiger charge is -2.39. The summed E-state index contributed by atoms with van der Waals surface area (Å²) in [4.78, 5) is 5.26. The molecule has 2 aliphatic carbocycles. The van der Waals surface area contributed by atoms with E-state index in [1.54, 1.807) is 5.70 Å². The second kappa shape index (κ2) is 3.02. The molecule has 2 nitrogen and oxygen atoms in total. The number of rotatable bonds is 2. The van der Waals surface area contributed by atoms with E-state index in [0.29, 0.717) is 0 Å². The predicted octanol–water partition coefficient (Wildman–Crippen LogP) is 1.44. The second-order valence-electron chi connectivity index (χ2n) is 4.49. The third-order valence-corrected chi connectivity index (χ3v) is 3.56. The van der Waals surface area contributed by atoms with Gasteiger partial charge in [-0.25, -0.2) is 0 Å². The summed E-state index contributed by atoms with van der Waals surface area (Å²) in [5.41, 5.74) is 1.62. The zero-order valence-corrected chi connectivity index (χ0v) is 8.21. The average Bonchev–Trinajstić information content (AvgIpc) is 2.85. The lowest BCUT2D eigenvalue weighted by molar-refractivity contribution is 0.145. The first-order valence-electron chi connectivity index (χ1n) is 5.61. The molecule has 0 N–H and O–H groups in total. The zero-order chi connectivity index (χ0) is 8.67. The Kier molecular flexibility index (Phi) is 1.82. The van der Waals surface area contributed by atoms with Gasteiger partial charge in [0.05, 0.1) is 0 Å². The number of hydrogen-bond donors (Lipinski definition) is 0. The van der Waals surface area contributed by atoms with Gasteiger partial charge in [-0.1, -0.05) is 6.08 Å². The minimum atomic E-state index is 0.970. The van der Waals surface area contributed by atoms with Gasteiger partial charge in [0.2, 0.25) is 0 Å². The van der Waals surface area contributed by atoms with E-state index < -0.39 is 0 Å². The highest BCUT2D eigenvalue weighted by molar-refractivity contribution is 5.12. The number of piperazine rings is 1. The van der Waals surface area contributed by atoms with Crippen LogP contribution in [-0.2, 0) is 0 Å². The molecule has 0 radical (unpaired) electrons. The van der Waals surface area contributed by atoms with Crippen LogP contribution in [0.5, 0.6) is 0 Å². The first kappa shape index (κ1) is 7.86. The van der Waals surface area contributed by atoms with Gasteiger partial charge >= 0.3 is 0 Å². The molecule has 0 aromatic rings. The van der Waals surface area contributed by atoms with Gasteiger partial charge in [0.25, 0.3) is 0 Å². The van der Waals surface area contributed by atoms with Crippen LogP contribution in [0.3, 0.4) is 0 Å². The summed E-state index contributed by atoms with van der Waals surface area (Å²) >= 11 is 0. The van der Waals surface area contributed by atoms with Gasteiger partial charge in [0.15, 0.2) is 0 Å². The van der Waals surface area contributed by atoms with E-state index in [1.807, 2.05) is 0 Å². The molecular formula is C11H18N2. The molecule has 0 spiro atoms. The van der Waals surface area contributed by atoms with Crippen molar-refractivity contribution in [3.05, 3.63) is 11.8 Å². The van der Waals surface area contributed by atoms with E-state index in [1.165, 1.54) is 51.9 Å². The molecule has 2 fully saturated rings. The van der Waals surface area contributed by atoms with E-state index in [9.17, 15) is 0 Å². The van der Waals surface area contributed by atoms with Crippen LogP contribution < -0.4 is 0 Å². The summed E-state index contributed by atoms with van der Waals surface area (Å²) in [6.45, 7) is 5.18. The van der Waals surface area contributed by atoms with Gasteiger partial charge in [0, 0.05) is 37.9 Å². The molecule has 0 atom stereocenters. The van der Waals surface area contributed by atoms with Crippen LogP contribution in [0.15, 0.2) is 11.8 Å². The molecule has 0 bridgehead atoms. The highest BCUT2D eigenvalue weighted by atomic mass is 15.3. The lowest BCUT2D eigenvalue weighted by Crippen LogP contribution is -2.47. The summed E-state index contributed by atoms with van der Waals surface area (Å²) in [5, 5.41) is 0. The van der Waals surface area contributed by atoms with E-state index in [4.69, 9.17) is 0 Å². The average molecular weight is 178 g/mol. The summed E-state index contributed by atoms with van der Waals surface area (Å²) in [5.74, 6) is 0. The van der Waals surface area contributed by atoms with Crippen molar-refractivity contribution in [1.29, 1.82) is 0 Å². The van der Waals surface area contributed by atoms with Gasteiger partial charge in [-0.2, -0.15) is 0 Å². The van der Waals surface area contributed by atoms with Crippen molar-refractivity contribution in [2.45, 2.75) is 31.7 Å². The van der Waals surface area contributed by atoms with Crippen LogP contribution in [0.2, 0.25) is 0 Å². The van der Waals surface area contributed by atoms with Crippen molar-refractivity contribution in [3.63, 3.8) is 0 Å². The van der Waals surface area contributed by atoms with Crippen LogP contribution in [0.25, 0.3) is 0 Å². The van der Waals surface area contributed by atoms with Crippen LogP contribution in [-0.4, -0.2) is 42.0 Å². The van der Waals surface area contributed by atoms with E-state index in [-0.39, 0.29) is 0 Å². The Bertz CT molecular complexity index is 222. The Labute approximate surface area is 80.2 Å². The van der Waals surface area contributed by atoms with Crippen molar-refractivity contribution < 1.29 is 0 Å². The Morgan fingerprint density at radius 3 is 2.23 bits per heavy atom. The molecule has 3 aliphatic rings. The molecule has 13 heavy (non-hydrogen) atoms. The van der Waals surface area contributed by atoms with Crippen molar-refractivity contribution >= 4 is 0 Å². The molecule has 0 amide bonds. The summed E-state index contributed by atoms with van der Waals surface area (Å²) in [7, 11) is 0. The maximum absolute atomic E-state index is 2.68. The minimum absolute atomic E-state index is 0.970. The number of nitrogens with zero attached hydrogens (tertiary/aromatic N) is 2. The largest absolute Gasteiger partial charge is 0.372 e. The second-order valence-corrected chi connectivity index (χ2v) is 4.49. The highest BCUT2D eigenvalue weighted by Crippen LogP contribution is 2.29. The predicted molar refractivity (Wildman–Crippen MR) is 53.5 cm³/mol. The van der Waals surface area contributed by atoms with Crippen molar-refractivity contribution in [3.8, 4) is 0 Å². The molecule has 1 heterocycles. The molecule has 3 rings (SSSR count). The number of allylic oxidation sites excluding steroid dienone is 2. The van der Waals surface area contributed by atoms with E-state index >= 15 is 0 Å². The molecule has 1 aliphatic heterocycles. The lowest BCUT2D eigenvalue weighted by atomic mass is 10.0. The number of hydrogen-bond acceptors (Lipinski definition) is 2. The molecule has 0 aromatic heterocycles. The van der Waals surface area contributed by atoms with Gasteiger partial charge in [0.1, 0.15) is 0 Å². The summed E-state index contributed by atoms with van der Waals surface area (Å²) < 4.78 is 0. The third-order valence-electron chi connectivity index (χ3n) is 3.56. The van der Waals surface area contributed by atoms with E-state index in [0.717, 1.165) is 6.04 Å². The zero-order valence-electron chi connectivity index (χ0n) is 8.21. The SMILES string of the molecule is C1=C(N2CCN(C3CC3)CC2)CC1. The van der Waals surface area contributed by atoms with Gasteiger partial charge in [-0.3, -0.25) is 4.90 Å². The fraction of sp³-hybridized carbons (Fsp3) is 0.818. The van der Waals surface area contributed by atoms with Crippen LogP contribution >= 0.6 is 0 Å². The molecular weight excluding hydrogens is 160 g/mol. The standard InChI is InChI=1S/C11H18N2/c1-2-10(3-1)12-6-8-13(9-7-12)11-4-5-11/h2,11H,1,3-9H2. The molecule has 0 aromatic carbocycles. The van der Waals surface area contributed by atoms with Gasteiger partial charge < -0.3 is 4.90 Å². The smallest absolute Gasteiger partial charge is 0.0303 e. The van der Waals surface area contributed by atoms with Crippen molar-refractivity contribution in [1.82, 2.24) is 9.80 Å². The topological polar surface area (TPSA) is 6.48 Å². The molecule has 72 valence electrons. The fourth-order valence-corrected chi connectivity index (χ4v) is 2.37. The highest BCUT2D eigenvalue weighted by Gasteiger charge is 2.31.